The van der Waals surface area contributed by atoms with E-state index in [1.165, 1.54) is 12.1 Å². The quantitative estimate of drug-likeness (QED) is 0.873. The van der Waals surface area contributed by atoms with Crippen LogP contribution in [0.2, 0.25) is 0 Å². The molecule has 0 saturated heterocycles. The van der Waals surface area contributed by atoms with Crippen molar-refractivity contribution in [1.82, 2.24) is 0 Å². The summed E-state index contributed by atoms with van der Waals surface area (Å²) in [4.78, 5) is 10.9. The van der Waals surface area contributed by atoms with Crippen LogP contribution in [0.15, 0.2) is 18.2 Å². The molecule has 0 atom stereocenters. The first kappa shape index (κ1) is 14.3. The fourth-order valence-electron chi connectivity index (χ4n) is 1.55. The normalized spacial score (nSPS) is 11.5. The topological polar surface area (TPSA) is 38.3 Å². The SMILES string of the molecule is COC(=O)Nc1ccc(C(C)C)c(C(F)(F)F)c1. The minimum atomic E-state index is -4.45. The zero-order valence-electron chi connectivity index (χ0n) is 10.3. The Morgan fingerprint density at radius 3 is 2.39 bits per heavy atom. The number of anilines is 1. The summed E-state index contributed by atoms with van der Waals surface area (Å²) in [6.45, 7) is 3.36. The van der Waals surface area contributed by atoms with Gasteiger partial charge in [0.1, 0.15) is 0 Å². The zero-order valence-corrected chi connectivity index (χ0v) is 10.3. The number of hydrogen-bond donors (Lipinski definition) is 1. The molecule has 0 radical (unpaired) electrons. The van der Waals surface area contributed by atoms with Crippen LogP contribution in [-0.2, 0) is 10.9 Å². The monoisotopic (exact) mass is 261 g/mol. The Kier molecular flexibility index (Phi) is 4.21. The van der Waals surface area contributed by atoms with Gasteiger partial charge < -0.3 is 4.74 Å². The Bertz CT molecular complexity index is 441. The molecule has 1 aromatic rings. The number of hydrogen-bond acceptors (Lipinski definition) is 2. The molecule has 0 aromatic heterocycles. The van der Waals surface area contributed by atoms with Gasteiger partial charge >= 0.3 is 12.3 Å². The minimum Gasteiger partial charge on any atom is -0.453 e. The maximum atomic E-state index is 12.9. The predicted octanol–water partition coefficient (Wildman–Crippen LogP) is 4.01. The van der Waals surface area contributed by atoms with Crippen molar-refractivity contribution in [1.29, 1.82) is 0 Å². The van der Waals surface area contributed by atoms with E-state index < -0.39 is 17.8 Å². The van der Waals surface area contributed by atoms with Crippen LogP contribution in [0, 0.1) is 0 Å². The zero-order chi connectivity index (χ0) is 13.9. The van der Waals surface area contributed by atoms with Crippen molar-refractivity contribution < 1.29 is 22.7 Å². The number of amides is 1. The van der Waals surface area contributed by atoms with Gasteiger partial charge in [0.25, 0.3) is 0 Å². The predicted molar refractivity (Wildman–Crippen MR) is 61.6 cm³/mol. The molecule has 1 aromatic carbocycles. The van der Waals surface area contributed by atoms with Gasteiger partial charge in [-0.1, -0.05) is 19.9 Å². The summed E-state index contributed by atoms with van der Waals surface area (Å²) in [5.74, 6) is -0.256. The minimum absolute atomic E-state index is 0.0542. The highest BCUT2D eigenvalue weighted by Crippen LogP contribution is 2.36. The summed E-state index contributed by atoms with van der Waals surface area (Å²) in [5.41, 5.74) is -0.497. The first-order valence-corrected chi connectivity index (χ1v) is 5.31. The van der Waals surface area contributed by atoms with E-state index in [1.54, 1.807) is 13.8 Å². The van der Waals surface area contributed by atoms with Gasteiger partial charge in [-0.25, -0.2) is 4.79 Å². The summed E-state index contributed by atoms with van der Waals surface area (Å²) in [5, 5.41) is 2.21. The molecule has 0 aliphatic heterocycles. The molecule has 100 valence electrons. The molecule has 18 heavy (non-hydrogen) atoms. The van der Waals surface area contributed by atoms with Crippen LogP contribution in [0.4, 0.5) is 23.7 Å². The number of alkyl halides is 3. The lowest BCUT2D eigenvalue weighted by atomic mass is 9.96. The Morgan fingerprint density at radius 1 is 1.33 bits per heavy atom. The second-order valence-electron chi connectivity index (χ2n) is 4.07. The van der Waals surface area contributed by atoms with E-state index in [0.29, 0.717) is 0 Å². The van der Waals surface area contributed by atoms with Crippen LogP contribution in [0.3, 0.4) is 0 Å². The number of rotatable bonds is 2. The molecule has 0 bridgehead atoms. The molecule has 0 fully saturated rings. The van der Waals surface area contributed by atoms with E-state index >= 15 is 0 Å². The van der Waals surface area contributed by atoms with Crippen molar-refractivity contribution in [2.45, 2.75) is 25.9 Å². The molecular formula is C12H14F3NO2. The summed E-state index contributed by atoms with van der Waals surface area (Å²) < 4.78 is 42.9. The molecule has 0 aliphatic rings. The molecule has 6 heteroatoms. The van der Waals surface area contributed by atoms with Gasteiger partial charge in [-0.05, 0) is 23.6 Å². The average molecular weight is 261 g/mol. The van der Waals surface area contributed by atoms with Gasteiger partial charge in [0, 0.05) is 5.69 Å². The van der Waals surface area contributed by atoms with E-state index in [4.69, 9.17) is 0 Å². The number of ether oxygens (including phenoxy) is 1. The highest BCUT2D eigenvalue weighted by Gasteiger charge is 2.34. The van der Waals surface area contributed by atoms with Crippen molar-refractivity contribution in [2.75, 3.05) is 12.4 Å². The molecule has 0 unspecified atom stereocenters. The van der Waals surface area contributed by atoms with Crippen LogP contribution < -0.4 is 5.32 Å². The Morgan fingerprint density at radius 2 is 1.94 bits per heavy atom. The largest absolute Gasteiger partial charge is 0.453 e. The molecule has 0 saturated carbocycles. The molecule has 3 nitrogen and oxygen atoms in total. The van der Waals surface area contributed by atoms with Gasteiger partial charge in [-0.2, -0.15) is 13.2 Å². The van der Waals surface area contributed by atoms with Gasteiger partial charge in [0.2, 0.25) is 0 Å². The van der Waals surface area contributed by atoms with Crippen LogP contribution in [0.5, 0.6) is 0 Å². The fourth-order valence-corrected chi connectivity index (χ4v) is 1.55. The summed E-state index contributed by atoms with van der Waals surface area (Å²) >= 11 is 0. The van der Waals surface area contributed by atoms with E-state index in [0.717, 1.165) is 13.2 Å². The smallest absolute Gasteiger partial charge is 0.416 e. The van der Waals surface area contributed by atoms with Crippen LogP contribution >= 0.6 is 0 Å². The van der Waals surface area contributed by atoms with Crippen LogP contribution in [-0.4, -0.2) is 13.2 Å². The second kappa shape index (κ2) is 5.29. The van der Waals surface area contributed by atoms with Crippen molar-refractivity contribution in [2.24, 2.45) is 0 Å². The van der Waals surface area contributed by atoms with Gasteiger partial charge in [-0.3, -0.25) is 5.32 Å². The molecule has 0 heterocycles. The maximum absolute atomic E-state index is 12.9. The third-order valence-electron chi connectivity index (χ3n) is 2.41. The third-order valence-corrected chi connectivity index (χ3v) is 2.41. The van der Waals surface area contributed by atoms with Crippen molar-refractivity contribution in [3.05, 3.63) is 29.3 Å². The second-order valence-corrected chi connectivity index (χ2v) is 4.07. The van der Waals surface area contributed by atoms with Crippen LogP contribution in [0.25, 0.3) is 0 Å². The lowest BCUT2D eigenvalue weighted by molar-refractivity contribution is -0.138. The summed E-state index contributed by atoms with van der Waals surface area (Å²) in [6.07, 6.45) is -5.26. The van der Waals surface area contributed by atoms with Crippen molar-refractivity contribution >= 4 is 11.8 Å². The molecule has 0 aliphatic carbocycles. The van der Waals surface area contributed by atoms with Crippen LogP contribution in [0.1, 0.15) is 30.9 Å². The van der Waals surface area contributed by atoms with Crippen molar-refractivity contribution in [3.8, 4) is 0 Å². The first-order chi connectivity index (χ1) is 8.25. The number of carbonyl (C=O) groups is 1. The Balaban J connectivity index is 3.18. The Hall–Kier alpha value is -1.72. The highest BCUT2D eigenvalue weighted by molar-refractivity contribution is 5.84. The summed E-state index contributed by atoms with van der Waals surface area (Å²) in [7, 11) is 1.14. The number of halogens is 3. The highest BCUT2D eigenvalue weighted by atomic mass is 19.4. The lowest BCUT2D eigenvalue weighted by Crippen LogP contribution is -2.14. The average Bonchev–Trinajstić information content (AvgIpc) is 2.27. The van der Waals surface area contributed by atoms with Gasteiger partial charge in [0.05, 0.1) is 12.7 Å². The van der Waals surface area contributed by atoms with E-state index in [2.05, 4.69) is 10.1 Å². The van der Waals surface area contributed by atoms with Gasteiger partial charge in [0.15, 0.2) is 0 Å². The first-order valence-electron chi connectivity index (χ1n) is 5.31. The number of carbonyl (C=O) groups excluding carboxylic acids is 1. The third kappa shape index (κ3) is 3.38. The van der Waals surface area contributed by atoms with E-state index in [9.17, 15) is 18.0 Å². The number of methoxy groups -OCH3 is 1. The standard InChI is InChI=1S/C12H14F3NO2/c1-7(2)9-5-4-8(16-11(17)18-3)6-10(9)12(13,14)15/h4-7H,1-3H3,(H,16,17). The number of nitrogens with one attached hydrogen (secondary N) is 1. The van der Waals surface area contributed by atoms with Crippen molar-refractivity contribution in [3.63, 3.8) is 0 Å². The molecule has 1 amide bonds. The van der Waals surface area contributed by atoms with E-state index in [-0.39, 0.29) is 17.2 Å². The molecular weight excluding hydrogens is 247 g/mol. The fraction of sp³-hybridized carbons (Fsp3) is 0.417. The number of benzene rings is 1. The maximum Gasteiger partial charge on any atom is 0.416 e. The Labute approximate surface area is 103 Å². The summed E-state index contributed by atoms with van der Waals surface area (Å²) in [6, 6.07) is 3.69. The molecule has 1 N–H and O–H groups in total. The molecule has 1 rings (SSSR count). The van der Waals surface area contributed by atoms with E-state index in [1.807, 2.05) is 0 Å². The van der Waals surface area contributed by atoms with Gasteiger partial charge in [-0.15, -0.1) is 0 Å². The lowest BCUT2D eigenvalue weighted by Gasteiger charge is -2.17. The molecule has 0 spiro atoms.